The van der Waals surface area contributed by atoms with Crippen LogP contribution in [0, 0.1) is 28.1 Å². The summed E-state index contributed by atoms with van der Waals surface area (Å²) in [4.78, 5) is 11.8. The molecule has 0 bridgehead atoms. The smallest absolute Gasteiger partial charge is 0.126 e. The Labute approximate surface area is 134 Å². The van der Waals surface area contributed by atoms with E-state index in [2.05, 4.69) is 39.5 Å². The maximum absolute atomic E-state index is 11.8. The molecule has 0 amide bonds. The van der Waals surface area contributed by atoms with Gasteiger partial charge in [0.1, 0.15) is 6.29 Å². The van der Waals surface area contributed by atoms with Crippen LogP contribution in [0.5, 0.6) is 0 Å². The second-order valence-electron chi connectivity index (χ2n) is 8.82. The van der Waals surface area contributed by atoms with Gasteiger partial charge in [-0.2, -0.15) is 0 Å². The molecule has 2 heteroatoms. The third-order valence-electron chi connectivity index (χ3n) is 7.20. The van der Waals surface area contributed by atoms with Crippen molar-refractivity contribution in [2.75, 3.05) is 0 Å². The predicted molar refractivity (Wildman–Crippen MR) is 89.4 cm³/mol. The summed E-state index contributed by atoms with van der Waals surface area (Å²) in [5.74, 6) is 0.585. The van der Waals surface area contributed by atoms with Crippen molar-refractivity contribution in [2.24, 2.45) is 28.1 Å². The molecule has 2 fully saturated rings. The van der Waals surface area contributed by atoms with Crippen LogP contribution in [0.4, 0.5) is 0 Å². The van der Waals surface area contributed by atoms with Crippen molar-refractivity contribution in [3.63, 3.8) is 0 Å². The van der Waals surface area contributed by atoms with Gasteiger partial charge in [0.05, 0.1) is 6.10 Å². The van der Waals surface area contributed by atoms with Crippen molar-refractivity contribution in [3.05, 3.63) is 24.3 Å². The number of carbonyl (C=O) groups excluding carboxylic acids is 1. The van der Waals surface area contributed by atoms with E-state index in [0.29, 0.717) is 5.92 Å². The summed E-state index contributed by atoms with van der Waals surface area (Å²) in [6, 6.07) is 0. The van der Waals surface area contributed by atoms with Gasteiger partial charge in [-0.3, -0.25) is 0 Å². The Balaban J connectivity index is 2.03. The Kier molecular flexibility index (Phi) is 3.67. The Morgan fingerprint density at radius 2 is 2.00 bits per heavy atom. The van der Waals surface area contributed by atoms with Crippen LogP contribution >= 0.6 is 0 Å². The van der Waals surface area contributed by atoms with Crippen molar-refractivity contribution in [1.82, 2.24) is 0 Å². The maximum atomic E-state index is 11.8. The van der Waals surface area contributed by atoms with Crippen LogP contribution in [0.25, 0.3) is 0 Å². The van der Waals surface area contributed by atoms with Crippen LogP contribution in [0.1, 0.15) is 59.3 Å². The molecule has 3 aliphatic rings. The Morgan fingerprint density at radius 3 is 2.64 bits per heavy atom. The SMILES string of the molecule is C=C[C@]1(C)CCC2C(=CC(O)C3[C@]2(C)CCC[C@]3(C)C=O)C1. The number of hydrogen-bond donors (Lipinski definition) is 1. The van der Waals surface area contributed by atoms with E-state index in [1.54, 1.807) is 0 Å². The summed E-state index contributed by atoms with van der Waals surface area (Å²) < 4.78 is 0. The number of hydrogen-bond acceptors (Lipinski definition) is 2. The van der Waals surface area contributed by atoms with E-state index in [1.165, 1.54) is 5.57 Å². The molecule has 0 radical (unpaired) electrons. The van der Waals surface area contributed by atoms with Gasteiger partial charge in [-0.1, -0.05) is 44.9 Å². The predicted octanol–water partition coefficient (Wildman–Crippen LogP) is 4.29. The Bertz CT molecular complexity index is 522. The number of fused-ring (bicyclic) bond motifs is 3. The molecule has 122 valence electrons. The standard InChI is InChI=1S/C20H30O2/c1-5-18(2)10-7-15-14(12-18)11-16(22)17-19(3,13-21)8-6-9-20(15,17)4/h5,11,13,15-17,22H,1,6-10,12H2,2-4H3/t15?,16?,17?,18-,19-,20-/m1/s1. The quantitative estimate of drug-likeness (QED) is 0.610. The molecule has 2 nitrogen and oxygen atoms in total. The molecule has 1 N–H and O–H groups in total. The molecule has 0 saturated heterocycles. The van der Waals surface area contributed by atoms with Gasteiger partial charge in [0, 0.05) is 11.3 Å². The molecule has 6 atom stereocenters. The van der Waals surface area contributed by atoms with Crippen LogP contribution in [-0.4, -0.2) is 17.5 Å². The first-order valence-corrected chi connectivity index (χ1v) is 8.77. The average Bonchev–Trinajstić information content (AvgIpc) is 2.46. The van der Waals surface area contributed by atoms with Crippen LogP contribution in [-0.2, 0) is 4.79 Å². The van der Waals surface area contributed by atoms with Crippen LogP contribution < -0.4 is 0 Å². The molecule has 3 aliphatic carbocycles. The second-order valence-corrected chi connectivity index (χ2v) is 8.82. The summed E-state index contributed by atoms with van der Waals surface area (Å²) in [5, 5.41) is 10.9. The zero-order valence-electron chi connectivity index (χ0n) is 14.3. The third kappa shape index (κ3) is 2.14. The Hall–Kier alpha value is -0.890. The molecule has 0 spiro atoms. The van der Waals surface area contributed by atoms with E-state index in [9.17, 15) is 9.90 Å². The van der Waals surface area contributed by atoms with E-state index in [-0.39, 0.29) is 22.2 Å². The number of aliphatic hydroxyl groups excluding tert-OH is 1. The molecule has 0 aromatic carbocycles. The number of allylic oxidation sites excluding steroid dienone is 2. The average molecular weight is 302 g/mol. The van der Waals surface area contributed by atoms with Crippen LogP contribution in [0.3, 0.4) is 0 Å². The first-order valence-electron chi connectivity index (χ1n) is 8.77. The van der Waals surface area contributed by atoms with Crippen LogP contribution in [0.15, 0.2) is 24.3 Å². The fourth-order valence-electron chi connectivity index (χ4n) is 5.97. The highest BCUT2D eigenvalue weighted by Crippen LogP contribution is 2.63. The number of aliphatic hydroxyl groups is 1. The lowest BCUT2D eigenvalue weighted by Crippen LogP contribution is -2.56. The topological polar surface area (TPSA) is 37.3 Å². The van der Waals surface area contributed by atoms with Gasteiger partial charge < -0.3 is 9.90 Å². The van der Waals surface area contributed by atoms with E-state index in [1.807, 2.05) is 0 Å². The number of carbonyl (C=O) groups is 1. The first-order chi connectivity index (χ1) is 10.3. The monoisotopic (exact) mass is 302 g/mol. The molecule has 0 aromatic heterocycles. The fourth-order valence-corrected chi connectivity index (χ4v) is 5.97. The molecular formula is C20H30O2. The van der Waals surface area contributed by atoms with Crippen molar-refractivity contribution in [2.45, 2.75) is 65.4 Å². The lowest BCUT2D eigenvalue weighted by molar-refractivity contribution is -0.141. The highest BCUT2D eigenvalue weighted by molar-refractivity contribution is 5.60. The third-order valence-corrected chi connectivity index (χ3v) is 7.20. The van der Waals surface area contributed by atoms with Crippen molar-refractivity contribution >= 4 is 6.29 Å². The second kappa shape index (κ2) is 5.06. The minimum absolute atomic E-state index is 0.0555. The summed E-state index contributed by atoms with van der Waals surface area (Å²) in [5.41, 5.74) is 1.25. The molecule has 22 heavy (non-hydrogen) atoms. The number of rotatable bonds is 2. The lowest BCUT2D eigenvalue weighted by atomic mass is 9.45. The first kappa shape index (κ1) is 16.0. The van der Waals surface area contributed by atoms with Crippen molar-refractivity contribution in [3.8, 4) is 0 Å². The van der Waals surface area contributed by atoms with Gasteiger partial charge in [-0.15, -0.1) is 6.58 Å². The van der Waals surface area contributed by atoms with Gasteiger partial charge in [-0.05, 0) is 48.9 Å². The van der Waals surface area contributed by atoms with E-state index < -0.39 is 6.10 Å². The van der Waals surface area contributed by atoms with E-state index in [0.717, 1.165) is 44.8 Å². The normalized spacial score (nSPS) is 51.3. The zero-order valence-corrected chi connectivity index (χ0v) is 14.3. The molecule has 0 aromatic rings. The van der Waals surface area contributed by atoms with Gasteiger partial charge in [-0.25, -0.2) is 0 Å². The molecule has 3 unspecified atom stereocenters. The van der Waals surface area contributed by atoms with Gasteiger partial charge in [0.15, 0.2) is 0 Å². The van der Waals surface area contributed by atoms with Crippen molar-refractivity contribution < 1.29 is 9.90 Å². The number of aldehydes is 1. The lowest BCUT2D eigenvalue weighted by Gasteiger charge is -2.59. The fraction of sp³-hybridized carbons (Fsp3) is 0.750. The summed E-state index contributed by atoms with van der Waals surface area (Å²) in [6.45, 7) is 10.7. The highest BCUT2D eigenvalue weighted by Gasteiger charge is 2.58. The minimum atomic E-state index is -0.487. The molecule has 0 aliphatic heterocycles. The molecule has 2 saturated carbocycles. The van der Waals surface area contributed by atoms with Gasteiger partial charge in [0.2, 0.25) is 0 Å². The van der Waals surface area contributed by atoms with E-state index >= 15 is 0 Å². The van der Waals surface area contributed by atoms with Crippen molar-refractivity contribution in [1.29, 1.82) is 0 Å². The summed E-state index contributed by atoms with van der Waals surface area (Å²) in [6.07, 6.45) is 11.3. The van der Waals surface area contributed by atoms with Gasteiger partial charge >= 0.3 is 0 Å². The molecular weight excluding hydrogens is 272 g/mol. The summed E-state index contributed by atoms with van der Waals surface area (Å²) in [7, 11) is 0. The molecule has 3 rings (SSSR count). The van der Waals surface area contributed by atoms with Gasteiger partial charge in [0.25, 0.3) is 0 Å². The minimum Gasteiger partial charge on any atom is -0.389 e. The molecule has 0 heterocycles. The Morgan fingerprint density at radius 1 is 1.27 bits per heavy atom. The van der Waals surface area contributed by atoms with E-state index in [4.69, 9.17) is 0 Å². The van der Waals surface area contributed by atoms with Crippen LogP contribution in [0.2, 0.25) is 0 Å². The maximum Gasteiger partial charge on any atom is 0.126 e. The highest BCUT2D eigenvalue weighted by atomic mass is 16.3. The largest absolute Gasteiger partial charge is 0.389 e. The summed E-state index contributed by atoms with van der Waals surface area (Å²) >= 11 is 0. The zero-order chi connectivity index (χ0) is 16.2.